The molecule has 2 heterocycles. The summed E-state index contributed by atoms with van der Waals surface area (Å²) in [5.74, 6) is 0.558. The van der Waals surface area contributed by atoms with E-state index in [0.717, 1.165) is 6.92 Å². The topological polar surface area (TPSA) is 75.9 Å². The number of anilines is 1. The van der Waals surface area contributed by atoms with E-state index in [1.807, 2.05) is 0 Å². The summed E-state index contributed by atoms with van der Waals surface area (Å²) in [6.45, 7) is 0.722. The maximum absolute atomic E-state index is 12.6. The van der Waals surface area contributed by atoms with Crippen molar-refractivity contribution in [3.05, 3.63) is 12.5 Å². The minimum Gasteiger partial charge on any atom is -0.382 e. The van der Waals surface area contributed by atoms with Gasteiger partial charge in [-0.25, -0.2) is 23.4 Å². The summed E-state index contributed by atoms with van der Waals surface area (Å²) in [7, 11) is 1.69. The molecule has 8 heteroatoms. The minimum atomic E-state index is -2.86. The number of hydrogen-bond acceptors (Lipinski definition) is 5. The van der Waals surface area contributed by atoms with E-state index in [-0.39, 0.29) is 6.54 Å². The monoisotopic (exact) mass is 257 g/mol. The molecule has 98 valence electrons. The van der Waals surface area contributed by atoms with Crippen molar-refractivity contribution in [3.8, 4) is 0 Å². The maximum atomic E-state index is 12.6. The fourth-order valence-electron chi connectivity index (χ4n) is 1.58. The van der Waals surface area contributed by atoms with Crippen LogP contribution in [0.25, 0.3) is 11.0 Å². The lowest BCUT2D eigenvalue weighted by Crippen LogP contribution is -2.38. The summed E-state index contributed by atoms with van der Waals surface area (Å²) in [6, 6.07) is 0. The van der Waals surface area contributed by atoms with Crippen LogP contribution in [-0.4, -0.2) is 43.9 Å². The van der Waals surface area contributed by atoms with Crippen molar-refractivity contribution >= 4 is 16.9 Å². The van der Waals surface area contributed by atoms with Gasteiger partial charge in [0.1, 0.15) is 17.7 Å². The minimum absolute atomic E-state index is 0.339. The van der Waals surface area contributed by atoms with Gasteiger partial charge in [0.05, 0.1) is 18.1 Å². The van der Waals surface area contributed by atoms with Crippen LogP contribution in [0.1, 0.15) is 6.92 Å². The van der Waals surface area contributed by atoms with Gasteiger partial charge in [-0.15, -0.1) is 0 Å². The van der Waals surface area contributed by atoms with Crippen LogP contribution in [0.15, 0.2) is 12.5 Å². The largest absolute Gasteiger partial charge is 0.382 e. The molecule has 0 amide bonds. The molecule has 0 aliphatic heterocycles. The van der Waals surface area contributed by atoms with Crippen LogP contribution in [0.5, 0.6) is 0 Å². The normalized spacial score (nSPS) is 15.0. The van der Waals surface area contributed by atoms with Gasteiger partial charge in [-0.1, -0.05) is 0 Å². The van der Waals surface area contributed by atoms with Crippen LogP contribution < -0.4 is 5.32 Å². The number of rotatable bonds is 4. The SMILES string of the molecule is CNc1ncnc2c1cnn2CC(C)(O)C(F)F. The first kappa shape index (κ1) is 12.6. The lowest BCUT2D eigenvalue weighted by molar-refractivity contribution is -0.0938. The second-order valence-corrected chi connectivity index (χ2v) is 4.17. The van der Waals surface area contributed by atoms with Crippen molar-refractivity contribution in [2.75, 3.05) is 12.4 Å². The second kappa shape index (κ2) is 4.45. The van der Waals surface area contributed by atoms with E-state index in [1.165, 1.54) is 17.2 Å². The van der Waals surface area contributed by atoms with Crippen LogP contribution in [0.2, 0.25) is 0 Å². The highest BCUT2D eigenvalue weighted by molar-refractivity contribution is 5.85. The van der Waals surface area contributed by atoms with Gasteiger partial charge in [-0.05, 0) is 6.92 Å². The van der Waals surface area contributed by atoms with Gasteiger partial charge >= 0.3 is 0 Å². The molecular weight excluding hydrogens is 244 g/mol. The Bertz CT molecular complexity index is 554. The Balaban J connectivity index is 2.42. The van der Waals surface area contributed by atoms with E-state index in [0.29, 0.717) is 16.9 Å². The summed E-state index contributed by atoms with van der Waals surface area (Å²) >= 11 is 0. The van der Waals surface area contributed by atoms with Crippen LogP contribution in [0.3, 0.4) is 0 Å². The maximum Gasteiger partial charge on any atom is 0.268 e. The van der Waals surface area contributed by atoms with Gasteiger partial charge in [0.25, 0.3) is 6.43 Å². The van der Waals surface area contributed by atoms with E-state index < -0.39 is 12.0 Å². The number of aliphatic hydroxyl groups is 1. The average Bonchev–Trinajstić information content (AvgIpc) is 2.71. The Morgan fingerprint density at radius 1 is 1.50 bits per heavy atom. The zero-order valence-corrected chi connectivity index (χ0v) is 9.93. The standard InChI is InChI=1S/C10H13F2N5O/c1-10(18,9(11)12)4-17-8-6(3-16-17)7(13-2)14-5-15-8/h3,5,9,18H,4H2,1-2H3,(H,13,14,15). The van der Waals surface area contributed by atoms with Crippen molar-refractivity contribution in [1.29, 1.82) is 0 Å². The van der Waals surface area contributed by atoms with E-state index in [2.05, 4.69) is 20.4 Å². The highest BCUT2D eigenvalue weighted by Crippen LogP contribution is 2.22. The van der Waals surface area contributed by atoms with Gasteiger partial charge in [0.15, 0.2) is 5.65 Å². The lowest BCUT2D eigenvalue weighted by Gasteiger charge is -2.21. The zero-order chi connectivity index (χ0) is 13.3. The first-order valence-corrected chi connectivity index (χ1v) is 5.30. The molecule has 2 rings (SSSR count). The molecule has 0 aromatic carbocycles. The predicted octanol–water partition coefficient (Wildman–Crippen LogP) is 0.884. The number of alkyl halides is 2. The summed E-state index contributed by atoms with van der Waals surface area (Å²) in [4.78, 5) is 7.97. The van der Waals surface area contributed by atoms with Crippen molar-refractivity contribution < 1.29 is 13.9 Å². The molecule has 6 nitrogen and oxygen atoms in total. The van der Waals surface area contributed by atoms with E-state index in [4.69, 9.17) is 0 Å². The number of fused-ring (bicyclic) bond motifs is 1. The Morgan fingerprint density at radius 2 is 2.22 bits per heavy atom. The number of halogens is 2. The van der Waals surface area contributed by atoms with Gasteiger partial charge < -0.3 is 10.4 Å². The number of hydrogen-bond donors (Lipinski definition) is 2. The van der Waals surface area contributed by atoms with Crippen LogP contribution in [0, 0.1) is 0 Å². The van der Waals surface area contributed by atoms with E-state index >= 15 is 0 Å². The molecule has 0 spiro atoms. The van der Waals surface area contributed by atoms with Gasteiger partial charge in [0.2, 0.25) is 0 Å². The van der Waals surface area contributed by atoms with E-state index in [9.17, 15) is 13.9 Å². The third-order valence-corrected chi connectivity index (χ3v) is 2.61. The molecule has 18 heavy (non-hydrogen) atoms. The first-order valence-electron chi connectivity index (χ1n) is 5.30. The van der Waals surface area contributed by atoms with Crippen molar-refractivity contribution in [3.63, 3.8) is 0 Å². The van der Waals surface area contributed by atoms with Gasteiger partial charge in [0, 0.05) is 7.05 Å². The van der Waals surface area contributed by atoms with Crippen LogP contribution in [-0.2, 0) is 6.54 Å². The van der Waals surface area contributed by atoms with Crippen molar-refractivity contribution in [1.82, 2.24) is 19.7 Å². The molecule has 1 unspecified atom stereocenters. The number of nitrogens with one attached hydrogen (secondary N) is 1. The summed E-state index contributed by atoms with van der Waals surface area (Å²) < 4.78 is 26.5. The molecule has 0 radical (unpaired) electrons. The Labute approximate surface area is 102 Å². The molecule has 2 aromatic heterocycles. The third-order valence-electron chi connectivity index (χ3n) is 2.61. The Hall–Kier alpha value is -1.83. The molecule has 2 aromatic rings. The fraction of sp³-hybridized carbons (Fsp3) is 0.500. The first-order chi connectivity index (χ1) is 8.45. The summed E-state index contributed by atoms with van der Waals surface area (Å²) in [6.07, 6.45) is -0.0750. The van der Waals surface area contributed by atoms with E-state index in [1.54, 1.807) is 7.05 Å². The molecule has 0 aliphatic carbocycles. The van der Waals surface area contributed by atoms with Gasteiger partial charge in [-0.3, -0.25) is 0 Å². The van der Waals surface area contributed by atoms with Crippen molar-refractivity contribution in [2.24, 2.45) is 0 Å². The molecule has 0 fully saturated rings. The average molecular weight is 257 g/mol. The second-order valence-electron chi connectivity index (χ2n) is 4.17. The van der Waals surface area contributed by atoms with Gasteiger partial charge in [-0.2, -0.15) is 5.10 Å². The molecule has 1 atom stereocenters. The molecular formula is C10H13F2N5O. The van der Waals surface area contributed by atoms with Crippen LogP contribution in [0.4, 0.5) is 14.6 Å². The van der Waals surface area contributed by atoms with Crippen molar-refractivity contribution in [2.45, 2.75) is 25.5 Å². The Morgan fingerprint density at radius 3 is 2.83 bits per heavy atom. The third kappa shape index (κ3) is 2.10. The number of nitrogens with zero attached hydrogens (tertiary/aromatic N) is 4. The smallest absolute Gasteiger partial charge is 0.268 e. The molecule has 2 N–H and O–H groups in total. The highest BCUT2D eigenvalue weighted by atomic mass is 19.3. The lowest BCUT2D eigenvalue weighted by atomic mass is 10.1. The molecule has 0 saturated carbocycles. The number of aromatic nitrogens is 4. The highest BCUT2D eigenvalue weighted by Gasteiger charge is 2.33. The molecule has 0 aliphatic rings. The molecule has 0 saturated heterocycles. The summed E-state index contributed by atoms with van der Waals surface area (Å²) in [5.41, 5.74) is -1.75. The van der Waals surface area contributed by atoms with Crippen LogP contribution >= 0.6 is 0 Å². The predicted molar refractivity (Wildman–Crippen MR) is 61.5 cm³/mol. The Kier molecular flexibility index (Phi) is 3.12. The fourth-order valence-corrected chi connectivity index (χ4v) is 1.58. The molecule has 0 bridgehead atoms. The quantitative estimate of drug-likeness (QED) is 0.850. The zero-order valence-electron chi connectivity index (χ0n) is 9.93. The summed E-state index contributed by atoms with van der Waals surface area (Å²) in [5, 5.41) is 17.0.